The Morgan fingerprint density at radius 2 is 1.93 bits per heavy atom. The topological polar surface area (TPSA) is 63.6 Å². The van der Waals surface area contributed by atoms with Crippen LogP contribution < -0.4 is 0 Å². The van der Waals surface area contributed by atoms with Gasteiger partial charge in [0.1, 0.15) is 0 Å². The Hall–Kier alpha value is -2.86. The predicted molar refractivity (Wildman–Crippen MR) is 121 cm³/mol. The second-order valence-corrected chi connectivity index (χ2v) is 9.39. The maximum atomic E-state index is 13.0. The van der Waals surface area contributed by atoms with Crippen molar-refractivity contribution in [3.05, 3.63) is 65.4 Å². The average molecular weight is 417 g/mol. The average Bonchev–Trinajstić information content (AvgIpc) is 3.37. The molecule has 30 heavy (non-hydrogen) atoms. The summed E-state index contributed by atoms with van der Waals surface area (Å²) in [5.74, 6) is 1.00. The Morgan fingerprint density at radius 1 is 1.13 bits per heavy atom. The van der Waals surface area contributed by atoms with Crippen molar-refractivity contribution in [2.45, 2.75) is 50.1 Å². The molecule has 0 amide bonds. The predicted octanol–water partition coefficient (Wildman–Crippen LogP) is 5.74. The summed E-state index contributed by atoms with van der Waals surface area (Å²) in [6.07, 6.45) is 4.26. The van der Waals surface area contributed by atoms with Gasteiger partial charge in [-0.15, -0.1) is 10.2 Å². The van der Waals surface area contributed by atoms with Gasteiger partial charge in [-0.1, -0.05) is 42.1 Å². The first-order valence-electron chi connectivity index (χ1n) is 10.3. The zero-order valence-electron chi connectivity index (χ0n) is 17.3. The Balaban J connectivity index is 1.47. The molecule has 5 rings (SSSR count). The third kappa shape index (κ3) is 3.35. The number of Topliss-reactive ketones (excluding diaryl/α,β-unsaturated/α-hetero) is 1. The minimum Gasteiger partial charge on any atom is -0.360 e. The number of fused-ring (bicyclic) bond motifs is 1. The molecule has 1 aliphatic rings. The Labute approximate surface area is 179 Å². The normalized spacial score (nSPS) is 14.9. The Bertz CT molecular complexity index is 1250. The van der Waals surface area contributed by atoms with Crippen LogP contribution in [0.5, 0.6) is 0 Å². The molecular formula is C24H24N4OS. The third-order valence-electron chi connectivity index (χ3n) is 5.85. The lowest BCUT2D eigenvalue weighted by Crippen LogP contribution is -2.15. The number of carbonyl (C=O) groups is 1. The van der Waals surface area contributed by atoms with E-state index < -0.39 is 0 Å². The van der Waals surface area contributed by atoms with Crippen LogP contribution in [0.1, 0.15) is 47.3 Å². The maximum absolute atomic E-state index is 13.0. The number of aromatic nitrogens is 4. The highest BCUT2D eigenvalue weighted by Crippen LogP contribution is 2.43. The van der Waals surface area contributed by atoms with E-state index in [0.29, 0.717) is 6.04 Å². The van der Waals surface area contributed by atoms with Gasteiger partial charge in [0, 0.05) is 34.3 Å². The number of thioether (sulfide) groups is 1. The molecule has 6 heteroatoms. The Kier molecular flexibility index (Phi) is 4.74. The van der Waals surface area contributed by atoms with E-state index in [2.05, 4.69) is 38.8 Å². The molecule has 0 unspecified atom stereocenters. The molecule has 0 spiro atoms. The summed E-state index contributed by atoms with van der Waals surface area (Å²) in [7, 11) is 0. The third-order valence-corrected chi connectivity index (χ3v) is 6.91. The van der Waals surface area contributed by atoms with Crippen LogP contribution in [0.4, 0.5) is 0 Å². The highest BCUT2D eigenvalue weighted by atomic mass is 32.2. The number of benzene rings is 2. The summed E-state index contributed by atoms with van der Waals surface area (Å²) in [4.78, 5) is 16.4. The van der Waals surface area contributed by atoms with Crippen LogP contribution in [0.2, 0.25) is 0 Å². The lowest BCUT2D eigenvalue weighted by Gasteiger charge is -2.13. The molecule has 1 N–H and O–H groups in total. The van der Waals surface area contributed by atoms with Crippen molar-refractivity contribution < 1.29 is 4.79 Å². The summed E-state index contributed by atoms with van der Waals surface area (Å²) in [6, 6.07) is 14.6. The van der Waals surface area contributed by atoms with E-state index in [4.69, 9.17) is 0 Å². The van der Waals surface area contributed by atoms with Crippen molar-refractivity contribution in [1.82, 2.24) is 19.7 Å². The lowest BCUT2D eigenvalue weighted by molar-refractivity contribution is 0.0993. The van der Waals surface area contributed by atoms with E-state index in [0.717, 1.165) is 51.4 Å². The summed E-state index contributed by atoms with van der Waals surface area (Å²) < 4.78 is 2.23. The molecule has 2 aromatic heterocycles. The number of hydrogen-bond acceptors (Lipinski definition) is 4. The number of carbonyl (C=O) groups excluding carboxylic acids is 1. The van der Waals surface area contributed by atoms with E-state index in [1.54, 1.807) is 0 Å². The van der Waals surface area contributed by atoms with Crippen LogP contribution in [-0.4, -0.2) is 30.8 Å². The number of hydrogen-bond donors (Lipinski definition) is 1. The summed E-state index contributed by atoms with van der Waals surface area (Å²) in [5.41, 5.74) is 5.24. The van der Waals surface area contributed by atoms with Gasteiger partial charge in [-0.05, 0) is 56.9 Å². The minimum absolute atomic E-state index is 0.127. The van der Waals surface area contributed by atoms with Crippen LogP contribution in [0, 0.1) is 13.8 Å². The first kappa shape index (κ1) is 19.1. The smallest absolute Gasteiger partial charge is 0.192 e. The summed E-state index contributed by atoms with van der Waals surface area (Å²) in [5, 5.41) is 10.8. The second-order valence-electron chi connectivity index (χ2n) is 8.08. The first-order valence-corrected chi connectivity index (χ1v) is 11.2. The summed E-state index contributed by atoms with van der Waals surface area (Å²) >= 11 is 1.50. The molecule has 0 aliphatic heterocycles. The van der Waals surface area contributed by atoms with E-state index in [9.17, 15) is 4.79 Å². The monoisotopic (exact) mass is 416 g/mol. The fourth-order valence-electron chi connectivity index (χ4n) is 3.80. The molecule has 2 aromatic carbocycles. The van der Waals surface area contributed by atoms with Crippen molar-refractivity contribution in [3.63, 3.8) is 0 Å². The molecular weight excluding hydrogens is 392 g/mol. The molecule has 4 aromatic rings. The lowest BCUT2D eigenvalue weighted by atomic mass is 10.0. The summed E-state index contributed by atoms with van der Waals surface area (Å²) in [6.45, 7) is 6.06. The SMILES string of the molecule is Cc1ccc(C(=O)[C@@H](C)Sc2nnc(-c3c[nH]c4ccccc34)n2C2CC2)cc1C. The van der Waals surface area contributed by atoms with Gasteiger partial charge >= 0.3 is 0 Å². The van der Waals surface area contributed by atoms with Gasteiger partial charge in [-0.25, -0.2) is 0 Å². The van der Waals surface area contributed by atoms with Gasteiger partial charge in [0.05, 0.1) is 5.25 Å². The fraction of sp³-hybridized carbons (Fsp3) is 0.292. The number of para-hydroxylation sites is 1. The second kappa shape index (κ2) is 7.43. The molecule has 1 aliphatic carbocycles. The molecule has 2 heterocycles. The van der Waals surface area contributed by atoms with Crippen LogP contribution in [-0.2, 0) is 0 Å². The van der Waals surface area contributed by atoms with Crippen molar-refractivity contribution in [3.8, 4) is 11.4 Å². The van der Waals surface area contributed by atoms with Crippen LogP contribution in [0.3, 0.4) is 0 Å². The van der Waals surface area contributed by atoms with E-state index in [-0.39, 0.29) is 11.0 Å². The highest BCUT2D eigenvalue weighted by Gasteiger charge is 2.32. The largest absolute Gasteiger partial charge is 0.360 e. The zero-order chi connectivity index (χ0) is 20.8. The number of nitrogens with one attached hydrogen (secondary N) is 1. The van der Waals surface area contributed by atoms with Crippen molar-refractivity contribution >= 4 is 28.4 Å². The van der Waals surface area contributed by atoms with Gasteiger partial charge in [0.25, 0.3) is 0 Å². The number of nitrogens with zero attached hydrogens (tertiary/aromatic N) is 3. The molecule has 0 radical (unpaired) electrons. The molecule has 0 saturated heterocycles. The van der Waals surface area contributed by atoms with Gasteiger partial charge in [0.2, 0.25) is 0 Å². The van der Waals surface area contributed by atoms with Crippen molar-refractivity contribution in [2.75, 3.05) is 0 Å². The van der Waals surface area contributed by atoms with E-state index >= 15 is 0 Å². The molecule has 1 atom stereocenters. The van der Waals surface area contributed by atoms with Gasteiger partial charge in [-0.3, -0.25) is 9.36 Å². The molecule has 5 nitrogen and oxygen atoms in total. The fourth-order valence-corrected chi connectivity index (χ4v) is 4.80. The number of ketones is 1. The number of H-pyrrole nitrogens is 1. The highest BCUT2D eigenvalue weighted by molar-refractivity contribution is 8.00. The zero-order valence-corrected chi connectivity index (χ0v) is 18.2. The van der Waals surface area contributed by atoms with E-state index in [1.165, 1.54) is 17.3 Å². The van der Waals surface area contributed by atoms with Crippen LogP contribution >= 0.6 is 11.8 Å². The first-order chi connectivity index (χ1) is 14.5. The molecule has 152 valence electrons. The van der Waals surface area contributed by atoms with Gasteiger partial charge in [0.15, 0.2) is 16.8 Å². The molecule has 0 bridgehead atoms. The van der Waals surface area contributed by atoms with Crippen LogP contribution in [0.15, 0.2) is 53.8 Å². The van der Waals surface area contributed by atoms with Crippen molar-refractivity contribution in [1.29, 1.82) is 0 Å². The number of rotatable bonds is 6. The quantitative estimate of drug-likeness (QED) is 0.321. The maximum Gasteiger partial charge on any atom is 0.192 e. The number of aromatic amines is 1. The minimum atomic E-state index is -0.232. The van der Waals surface area contributed by atoms with Gasteiger partial charge < -0.3 is 4.98 Å². The molecule has 1 saturated carbocycles. The van der Waals surface area contributed by atoms with Crippen molar-refractivity contribution in [2.24, 2.45) is 0 Å². The van der Waals surface area contributed by atoms with E-state index in [1.807, 2.05) is 50.4 Å². The molecule has 1 fully saturated rings. The Morgan fingerprint density at radius 3 is 2.70 bits per heavy atom. The van der Waals surface area contributed by atoms with Gasteiger partial charge in [-0.2, -0.15) is 0 Å². The number of aryl methyl sites for hydroxylation is 2. The standard InChI is InChI=1S/C24H24N4OS/c1-14-8-9-17(12-15(14)2)22(29)16(3)30-24-27-26-23(28(24)18-10-11-18)20-13-25-21-7-5-4-6-19(20)21/h4-9,12-13,16,18,25H,10-11H2,1-3H3/t16-/m1/s1. The van der Waals surface area contributed by atoms with Crippen LogP contribution in [0.25, 0.3) is 22.3 Å².